The number of carbonyl (C=O) groups excluding carboxylic acids is 1. The zero-order chi connectivity index (χ0) is 15.8. The van der Waals surface area contributed by atoms with E-state index in [0.717, 1.165) is 18.7 Å². The van der Waals surface area contributed by atoms with Gasteiger partial charge >= 0.3 is 0 Å². The standard InChI is InChI=1S/C19H24N2O/c1-15(2)17-8-10-18(11-9-17)21-19(22)14-20-13-12-16-6-4-3-5-7-16/h3-11,15,20H,12-14H2,1-2H3,(H,21,22). The molecule has 2 N–H and O–H groups in total. The van der Waals surface area contributed by atoms with Crippen LogP contribution in [0.4, 0.5) is 5.69 Å². The zero-order valence-electron chi connectivity index (χ0n) is 13.3. The number of benzene rings is 2. The number of carbonyl (C=O) groups is 1. The van der Waals surface area contributed by atoms with Crippen LogP contribution in [-0.4, -0.2) is 19.0 Å². The van der Waals surface area contributed by atoms with E-state index >= 15 is 0 Å². The molecule has 0 aliphatic rings. The van der Waals surface area contributed by atoms with Gasteiger partial charge < -0.3 is 10.6 Å². The number of hydrogen-bond donors (Lipinski definition) is 2. The molecule has 0 spiro atoms. The minimum Gasteiger partial charge on any atom is -0.325 e. The van der Waals surface area contributed by atoms with E-state index in [0.29, 0.717) is 12.5 Å². The van der Waals surface area contributed by atoms with Gasteiger partial charge in [0.25, 0.3) is 0 Å². The van der Waals surface area contributed by atoms with Crippen molar-refractivity contribution < 1.29 is 4.79 Å². The third kappa shape index (κ3) is 5.34. The van der Waals surface area contributed by atoms with Crippen molar-refractivity contribution in [3.63, 3.8) is 0 Å². The zero-order valence-corrected chi connectivity index (χ0v) is 13.3. The highest BCUT2D eigenvalue weighted by Crippen LogP contribution is 2.16. The summed E-state index contributed by atoms with van der Waals surface area (Å²) in [5.74, 6) is 0.495. The number of rotatable bonds is 7. The van der Waals surface area contributed by atoms with Crippen LogP contribution in [0.15, 0.2) is 54.6 Å². The van der Waals surface area contributed by atoms with Crippen LogP contribution in [0.2, 0.25) is 0 Å². The van der Waals surface area contributed by atoms with Crippen molar-refractivity contribution in [3.8, 4) is 0 Å². The maximum Gasteiger partial charge on any atom is 0.238 e. The Labute approximate surface area is 132 Å². The van der Waals surface area contributed by atoms with Crippen molar-refractivity contribution in [2.24, 2.45) is 0 Å². The molecule has 0 heterocycles. The summed E-state index contributed by atoms with van der Waals surface area (Å²) in [5, 5.41) is 6.08. The summed E-state index contributed by atoms with van der Waals surface area (Å²) in [4.78, 5) is 11.9. The Balaban J connectivity index is 1.69. The third-order valence-electron chi connectivity index (χ3n) is 3.58. The Bertz CT molecular complexity index is 576. The molecule has 2 rings (SSSR count). The SMILES string of the molecule is CC(C)c1ccc(NC(=O)CNCCc2ccccc2)cc1. The Morgan fingerprint density at radius 1 is 1.00 bits per heavy atom. The molecule has 0 fully saturated rings. The summed E-state index contributed by atoms with van der Waals surface area (Å²) in [6.45, 7) is 5.44. The van der Waals surface area contributed by atoms with Crippen molar-refractivity contribution in [3.05, 3.63) is 65.7 Å². The summed E-state index contributed by atoms with van der Waals surface area (Å²) in [6.07, 6.45) is 0.928. The molecule has 0 unspecified atom stereocenters. The molecule has 0 atom stereocenters. The molecule has 0 saturated heterocycles. The lowest BCUT2D eigenvalue weighted by molar-refractivity contribution is -0.115. The molecule has 116 valence electrons. The normalized spacial score (nSPS) is 10.7. The minimum atomic E-state index is -0.00893. The fraction of sp³-hybridized carbons (Fsp3) is 0.316. The molecule has 3 nitrogen and oxygen atoms in total. The third-order valence-corrected chi connectivity index (χ3v) is 3.58. The van der Waals surface area contributed by atoms with E-state index < -0.39 is 0 Å². The average molecular weight is 296 g/mol. The number of hydrogen-bond acceptors (Lipinski definition) is 2. The summed E-state index contributed by atoms with van der Waals surface area (Å²) in [7, 11) is 0. The van der Waals surface area contributed by atoms with Gasteiger partial charge in [-0.05, 0) is 42.1 Å². The second kappa shape index (κ2) is 8.35. The summed E-state index contributed by atoms with van der Waals surface area (Å²) in [6, 6.07) is 18.3. The van der Waals surface area contributed by atoms with Crippen LogP contribution in [0, 0.1) is 0 Å². The fourth-order valence-corrected chi connectivity index (χ4v) is 2.24. The first-order valence-electron chi connectivity index (χ1n) is 7.79. The molecule has 1 amide bonds. The number of anilines is 1. The first-order chi connectivity index (χ1) is 10.6. The maximum atomic E-state index is 11.9. The van der Waals surface area contributed by atoms with Gasteiger partial charge in [0.2, 0.25) is 5.91 Å². The van der Waals surface area contributed by atoms with Gasteiger partial charge in [-0.1, -0.05) is 56.3 Å². The molecule has 0 radical (unpaired) electrons. The molecule has 3 heteroatoms. The molecule has 0 aromatic heterocycles. The Morgan fingerprint density at radius 3 is 2.32 bits per heavy atom. The second-order valence-electron chi connectivity index (χ2n) is 5.74. The van der Waals surface area contributed by atoms with E-state index in [1.807, 2.05) is 30.3 Å². The smallest absolute Gasteiger partial charge is 0.238 e. The van der Waals surface area contributed by atoms with Crippen molar-refractivity contribution >= 4 is 11.6 Å². The van der Waals surface area contributed by atoms with Crippen molar-refractivity contribution in [2.45, 2.75) is 26.2 Å². The van der Waals surface area contributed by atoms with Gasteiger partial charge in [0.1, 0.15) is 0 Å². The van der Waals surface area contributed by atoms with E-state index in [4.69, 9.17) is 0 Å². The maximum absolute atomic E-state index is 11.9. The molecule has 22 heavy (non-hydrogen) atoms. The molecule has 0 aliphatic carbocycles. The molecular weight excluding hydrogens is 272 g/mol. The fourth-order valence-electron chi connectivity index (χ4n) is 2.24. The first-order valence-corrected chi connectivity index (χ1v) is 7.79. The largest absolute Gasteiger partial charge is 0.325 e. The van der Waals surface area contributed by atoms with Crippen LogP contribution >= 0.6 is 0 Å². The van der Waals surface area contributed by atoms with E-state index in [9.17, 15) is 4.79 Å². The first kappa shape index (κ1) is 16.2. The minimum absolute atomic E-state index is 0.00893. The highest BCUT2D eigenvalue weighted by Gasteiger charge is 2.03. The molecule has 2 aromatic rings. The van der Waals surface area contributed by atoms with Crippen LogP contribution in [0.25, 0.3) is 0 Å². The van der Waals surface area contributed by atoms with E-state index in [2.05, 4.69) is 48.7 Å². The van der Waals surface area contributed by atoms with Gasteiger partial charge in [0, 0.05) is 5.69 Å². The summed E-state index contributed by atoms with van der Waals surface area (Å²) in [5.41, 5.74) is 3.40. The number of amides is 1. The second-order valence-corrected chi connectivity index (χ2v) is 5.74. The lowest BCUT2D eigenvalue weighted by atomic mass is 10.0. The lowest BCUT2D eigenvalue weighted by Crippen LogP contribution is -2.29. The number of nitrogens with one attached hydrogen (secondary N) is 2. The van der Waals surface area contributed by atoms with E-state index in [1.54, 1.807) is 0 Å². The van der Waals surface area contributed by atoms with Gasteiger partial charge in [0.05, 0.1) is 6.54 Å². The highest BCUT2D eigenvalue weighted by molar-refractivity contribution is 5.92. The molecule has 0 saturated carbocycles. The predicted octanol–water partition coefficient (Wildman–Crippen LogP) is 3.58. The van der Waals surface area contributed by atoms with Crippen molar-refractivity contribution in [1.82, 2.24) is 5.32 Å². The molecule has 0 bridgehead atoms. The van der Waals surface area contributed by atoms with Gasteiger partial charge in [-0.25, -0.2) is 0 Å². The Hall–Kier alpha value is -2.13. The van der Waals surface area contributed by atoms with Gasteiger partial charge in [-0.15, -0.1) is 0 Å². The Morgan fingerprint density at radius 2 is 1.68 bits per heavy atom. The van der Waals surface area contributed by atoms with Crippen LogP contribution in [0.1, 0.15) is 30.9 Å². The lowest BCUT2D eigenvalue weighted by Gasteiger charge is -2.09. The molecular formula is C19H24N2O. The van der Waals surface area contributed by atoms with Crippen LogP contribution in [0.3, 0.4) is 0 Å². The van der Waals surface area contributed by atoms with Crippen molar-refractivity contribution in [1.29, 1.82) is 0 Å². The van der Waals surface area contributed by atoms with Crippen molar-refractivity contribution in [2.75, 3.05) is 18.4 Å². The van der Waals surface area contributed by atoms with Crippen LogP contribution < -0.4 is 10.6 Å². The molecule has 2 aromatic carbocycles. The van der Waals surface area contributed by atoms with E-state index in [1.165, 1.54) is 11.1 Å². The van der Waals surface area contributed by atoms with Gasteiger partial charge in [-0.2, -0.15) is 0 Å². The average Bonchev–Trinajstić information content (AvgIpc) is 2.53. The van der Waals surface area contributed by atoms with E-state index in [-0.39, 0.29) is 5.91 Å². The van der Waals surface area contributed by atoms with Gasteiger partial charge in [0.15, 0.2) is 0 Å². The summed E-state index contributed by atoms with van der Waals surface area (Å²) < 4.78 is 0. The van der Waals surface area contributed by atoms with Crippen LogP contribution in [0.5, 0.6) is 0 Å². The van der Waals surface area contributed by atoms with Gasteiger partial charge in [-0.3, -0.25) is 4.79 Å². The highest BCUT2D eigenvalue weighted by atomic mass is 16.1. The quantitative estimate of drug-likeness (QED) is 0.767. The molecule has 0 aliphatic heterocycles. The van der Waals surface area contributed by atoms with Crippen LogP contribution in [-0.2, 0) is 11.2 Å². The Kier molecular flexibility index (Phi) is 6.16. The monoisotopic (exact) mass is 296 g/mol. The predicted molar refractivity (Wildman–Crippen MR) is 92.2 cm³/mol. The summed E-state index contributed by atoms with van der Waals surface area (Å²) >= 11 is 0. The topological polar surface area (TPSA) is 41.1 Å².